The van der Waals surface area contributed by atoms with Crippen molar-refractivity contribution in [2.45, 2.75) is 39.2 Å². The van der Waals surface area contributed by atoms with Gasteiger partial charge in [-0.3, -0.25) is 4.90 Å². The van der Waals surface area contributed by atoms with Crippen LogP contribution in [0.2, 0.25) is 0 Å². The molecule has 0 amide bonds. The molecule has 2 fully saturated rings. The average Bonchev–Trinajstić information content (AvgIpc) is 2.38. The third-order valence-corrected chi connectivity index (χ3v) is 5.71. The molecule has 2 nitrogen and oxygen atoms in total. The molecular weight excluding hydrogens is 228 g/mol. The monoisotopic (exact) mass is 256 g/mol. The van der Waals surface area contributed by atoms with Crippen molar-refractivity contribution in [3.63, 3.8) is 0 Å². The van der Waals surface area contributed by atoms with E-state index in [4.69, 9.17) is 0 Å². The van der Waals surface area contributed by atoms with Crippen LogP contribution in [0.5, 0.6) is 0 Å². The Morgan fingerprint density at radius 2 is 2.35 bits per heavy atom. The van der Waals surface area contributed by atoms with E-state index in [1.54, 1.807) is 0 Å². The van der Waals surface area contributed by atoms with E-state index in [-0.39, 0.29) is 0 Å². The number of rotatable bonds is 4. The van der Waals surface area contributed by atoms with E-state index in [9.17, 15) is 0 Å². The molecule has 2 heterocycles. The summed E-state index contributed by atoms with van der Waals surface area (Å²) in [7, 11) is 0. The van der Waals surface area contributed by atoms with E-state index >= 15 is 0 Å². The molecular formula is C14H28N2S. The van der Waals surface area contributed by atoms with Gasteiger partial charge in [0.05, 0.1) is 0 Å². The SMILES string of the molecule is CC(CCN1CCSCC1C)C1CCCNC1. The summed E-state index contributed by atoms with van der Waals surface area (Å²) in [5.74, 6) is 4.49. The van der Waals surface area contributed by atoms with E-state index in [0.717, 1.165) is 17.9 Å². The first-order chi connectivity index (χ1) is 8.27. The van der Waals surface area contributed by atoms with Crippen molar-refractivity contribution in [2.24, 2.45) is 11.8 Å². The summed E-state index contributed by atoms with van der Waals surface area (Å²) in [6.45, 7) is 9.97. The molecule has 100 valence electrons. The Morgan fingerprint density at radius 3 is 3.06 bits per heavy atom. The van der Waals surface area contributed by atoms with Gasteiger partial charge in [-0.2, -0.15) is 11.8 Å². The van der Waals surface area contributed by atoms with Crippen LogP contribution in [0, 0.1) is 11.8 Å². The summed E-state index contributed by atoms with van der Waals surface area (Å²) < 4.78 is 0. The van der Waals surface area contributed by atoms with Gasteiger partial charge in [-0.05, 0) is 57.7 Å². The van der Waals surface area contributed by atoms with Crippen molar-refractivity contribution in [2.75, 3.05) is 37.7 Å². The van der Waals surface area contributed by atoms with E-state index in [1.165, 1.54) is 56.9 Å². The Morgan fingerprint density at radius 1 is 1.47 bits per heavy atom. The molecule has 3 atom stereocenters. The summed E-state index contributed by atoms with van der Waals surface area (Å²) >= 11 is 2.12. The number of nitrogens with one attached hydrogen (secondary N) is 1. The summed E-state index contributed by atoms with van der Waals surface area (Å²) in [4.78, 5) is 2.70. The quantitative estimate of drug-likeness (QED) is 0.832. The Bertz CT molecular complexity index is 216. The summed E-state index contributed by atoms with van der Waals surface area (Å²) in [5.41, 5.74) is 0. The predicted octanol–water partition coefficient (Wildman–Crippen LogP) is 2.45. The Labute approximate surface area is 111 Å². The molecule has 0 spiro atoms. The average molecular weight is 256 g/mol. The van der Waals surface area contributed by atoms with Gasteiger partial charge in [-0.25, -0.2) is 0 Å². The van der Waals surface area contributed by atoms with Crippen LogP contribution in [0.1, 0.15) is 33.1 Å². The zero-order valence-corrected chi connectivity index (χ0v) is 12.3. The van der Waals surface area contributed by atoms with Gasteiger partial charge in [0.15, 0.2) is 0 Å². The van der Waals surface area contributed by atoms with E-state index in [0.29, 0.717) is 0 Å². The first-order valence-corrected chi connectivity index (χ1v) is 8.45. The molecule has 0 aromatic carbocycles. The van der Waals surface area contributed by atoms with Crippen LogP contribution in [0.25, 0.3) is 0 Å². The minimum absolute atomic E-state index is 0.797. The molecule has 3 unspecified atom stereocenters. The van der Waals surface area contributed by atoms with Crippen molar-refractivity contribution in [3.8, 4) is 0 Å². The van der Waals surface area contributed by atoms with Crippen molar-refractivity contribution in [3.05, 3.63) is 0 Å². The highest BCUT2D eigenvalue weighted by atomic mass is 32.2. The lowest BCUT2D eigenvalue weighted by Crippen LogP contribution is -2.42. The number of hydrogen-bond acceptors (Lipinski definition) is 3. The van der Waals surface area contributed by atoms with Crippen LogP contribution in [-0.2, 0) is 0 Å². The van der Waals surface area contributed by atoms with Crippen LogP contribution in [0.3, 0.4) is 0 Å². The predicted molar refractivity (Wildman–Crippen MR) is 77.7 cm³/mol. The molecule has 0 bridgehead atoms. The zero-order chi connectivity index (χ0) is 12.1. The van der Waals surface area contributed by atoms with Gasteiger partial charge >= 0.3 is 0 Å². The molecule has 2 rings (SSSR count). The third kappa shape index (κ3) is 4.15. The first-order valence-electron chi connectivity index (χ1n) is 7.30. The largest absolute Gasteiger partial charge is 0.316 e. The second-order valence-corrected chi connectivity index (χ2v) is 6.98. The third-order valence-electron chi connectivity index (χ3n) is 4.52. The minimum atomic E-state index is 0.797. The van der Waals surface area contributed by atoms with Crippen molar-refractivity contribution in [1.82, 2.24) is 10.2 Å². The van der Waals surface area contributed by atoms with Gasteiger partial charge in [-0.1, -0.05) is 6.92 Å². The Balaban J connectivity index is 1.69. The van der Waals surface area contributed by atoms with E-state index < -0.39 is 0 Å². The highest BCUT2D eigenvalue weighted by Gasteiger charge is 2.22. The van der Waals surface area contributed by atoms with Gasteiger partial charge < -0.3 is 5.32 Å². The van der Waals surface area contributed by atoms with Crippen molar-refractivity contribution in [1.29, 1.82) is 0 Å². The lowest BCUT2D eigenvalue weighted by Gasteiger charge is -2.35. The van der Waals surface area contributed by atoms with Crippen LogP contribution in [-0.4, -0.2) is 48.6 Å². The maximum absolute atomic E-state index is 3.55. The van der Waals surface area contributed by atoms with Gasteiger partial charge in [0.25, 0.3) is 0 Å². The number of nitrogens with zero attached hydrogens (tertiary/aromatic N) is 1. The molecule has 0 aromatic rings. The fourth-order valence-electron chi connectivity index (χ4n) is 3.06. The van der Waals surface area contributed by atoms with Crippen LogP contribution >= 0.6 is 11.8 Å². The summed E-state index contributed by atoms with van der Waals surface area (Å²) in [5, 5.41) is 3.55. The first kappa shape index (κ1) is 13.7. The van der Waals surface area contributed by atoms with E-state index in [2.05, 4.69) is 35.8 Å². The fourth-order valence-corrected chi connectivity index (χ4v) is 4.15. The smallest absolute Gasteiger partial charge is 0.0158 e. The minimum Gasteiger partial charge on any atom is -0.316 e. The Kier molecular flexibility index (Phi) is 5.64. The number of thioether (sulfide) groups is 1. The molecule has 2 saturated heterocycles. The molecule has 2 aliphatic rings. The molecule has 0 radical (unpaired) electrons. The maximum atomic E-state index is 3.55. The summed E-state index contributed by atoms with van der Waals surface area (Å²) in [6, 6.07) is 0.797. The van der Waals surface area contributed by atoms with Crippen LogP contribution in [0.15, 0.2) is 0 Å². The van der Waals surface area contributed by atoms with Crippen LogP contribution in [0.4, 0.5) is 0 Å². The molecule has 17 heavy (non-hydrogen) atoms. The van der Waals surface area contributed by atoms with Crippen molar-refractivity contribution < 1.29 is 0 Å². The highest BCUT2D eigenvalue weighted by Crippen LogP contribution is 2.24. The van der Waals surface area contributed by atoms with Gasteiger partial charge in [0.2, 0.25) is 0 Å². The molecule has 0 aromatic heterocycles. The van der Waals surface area contributed by atoms with Crippen molar-refractivity contribution >= 4 is 11.8 Å². The lowest BCUT2D eigenvalue weighted by atomic mass is 9.85. The molecule has 0 saturated carbocycles. The maximum Gasteiger partial charge on any atom is 0.0158 e. The van der Waals surface area contributed by atoms with Gasteiger partial charge in [-0.15, -0.1) is 0 Å². The number of piperidine rings is 1. The fraction of sp³-hybridized carbons (Fsp3) is 1.00. The van der Waals surface area contributed by atoms with Crippen LogP contribution < -0.4 is 5.32 Å². The topological polar surface area (TPSA) is 15.3 Å². The lowest BCUT2D eigenvalue weighted by molar-refractivity contribution is 0.190. The highest BCUT2D eigenvalue weighted by molar-refractivity contribution is 7.99. The molecule has 2 aliphatic heterocycles. The molecule has 0 aliphatic carbocycles. The number of hydrogen-bond donors (Lipinski definition) is 1. The van der Waals surface area contributed by atoms with E-state index in [1.807, 2.05) is 0 Å². The Hall–Kier alpha value is 0.270. The normalized spacial score (nSPS) is 33.5. The second-order valence-electron chi connectivity index (χ2n) is 5.83. The second kappa shape index (κ2) is 7.01. The summed E-state index contributed by atoms with van der Waals surface area (Å²) in [6.07, 6.45) is 4.21. The van der Waals surface area contributed by atoms with Gasteiger partial charge in [0.1, 0.15) is 0 Å². The standard InChI is InChI=1S/C14H28N2S/c1-12(14-4-3-6-15-10-14)5-7-16-8-9-17-11-13(16)2/h12-15H,3-11H2,1-2H3. The molecule has 3 heteroatoms. The van der Waals surface area contributed by atoms with Gasteiger partial charge in [0, 0.05) is 24.1 Å². The molecule has 1 N–H and O–H groups in total. The zero-order valence-electron chi connectivity index (χ0n) is 11.5.